The van der Waals surface area contributed by atoms with Gasteiger partial charge in [-0.3, -0.25) is 0 Å². The van der Waals surface area contributed by atoms with Crippen molar-refractivity contribution >= 4 is 27.9 Å². The molecule has 0 spiro atoms. The van der Waals surface area contributed by atoms with Gasteiger partial charge < -0.3 is 10.1 Å². The molecule has 0 atom stereocenters. The maximum Gasteiger partial charge on any atom is 0.128 e. The highest BCUT2D eigenvalue weighted by atomic mass is 35.5. The summed E-state index contributed by atoms with van der Waals surface area (Å²) in [4.78, 5) is 1.15. The zero-order valence-corrected chi connectivity index (χ0v) is 11.4. The van der Waals surface area contributed by atoms with Crippen LogP contribution in [0, 0.1) is 0 Å². The average Bonchev–Trinajstić information content (AvgIpc) is 2.80. The summed E-state index contributed by atoms with van der Waals surface area (Å²) in [6.07, 6.45) is 0. The van der Waals surface area contributed by atoms with E-state index in [1.54, 1.807) is 11.3 Å². The fraction of sp³-hybridized carbons (Fsp3) is 0.231. The van der Waals surface area contributed by atoms with E-state index in [-0.39, 0.29) is 0 Å². The van der Waals surface area contributed by atoms with Crippen molar-refractivity contribution in [3.63, 3.8) is 0 Å². The molecule has 0 fully saturated rings. The molecule has 0 aliphatic heterocycles. The quantitative estimate of drug-likeness (QED) is 0.880. The number of thiophene rings is 1. The molecule has 2 aromatic rings. The maximum atomic E-state index is 6.04. The monoisotopic (exact) mass is 267 g/mol. The Morgan fingerprint density at radius 3 is 2.76 bits per heavy atom. The van der Waals surface area contributed by atoms with Crippen LogP contribution in [0.4, 0.5) is 5.00 Å². The molecule has 0 radical (unpaired) electrons. The molecule has 2 nitrogen and oxygen atoms in total. The second kappa shape index (κ2) is 5.43. The second-order valence-corrected chi connectivity index (χ2v) is 5.01. The van der Waals surface area contributed by atoms with Gasteiger partial charge in [-0.05, 0) is 37.3 Å². The first-order chi connectivity index (χ1) is 8.24. The van der Waals surface area contributed by atoms with Crippen molar-refractivity contribution in [1.29, 1.82) is 0 Å². The highest BCUT2D eigenvalue weighted by Gasteiger charge is 2.09. The summed E-state index contributed by atoms with van der Waals surface area (Å²) in [6.45, 7) is 2.63. The molecular weight excluding hydrogens is 254 g/mol. The topological polar surface area (TPSA) is 21.3 Å². The van der Waals surface area contributed by atoms with Crippen molar-refractivity contribution in [2.24, 2.45) is 0 Å². The van der Waals surface area contributed by atoms with Crippen LogP contribution < -0.4 is 10.1 Å². The molecule has 0 unspecified atom stereocenters. The van der Waals surface area contributed by atoms with E-state index in [4.69, 9.17) is 16.3 Å². The molecular formula is C13H14ClNOS. The van der Waals surface area contributed by atoms with Crippen LogP contribution in [0.2, 0.25) is 5.02 Å². The van der Waals surface area contributed by atoms with Crippen LogP contribution in [0.15, 0.2) is 30.3 Å². The van der Waals surface area contributed by atoms with Gasteiger partial charge in [-0.2, -0.15) is 0 Å². The number of rotatable bonds is 4. The molecule has 2 rings (SSSR count). The Hall–Kier alpha value is -1.19. The Morgan fingerprint density at radius 1 is 1.29 bits per heavy atom. The fourth-order valence-electron chi connectivity index (χ4n) is 1.59. The Morgan fingerprint density at radius 2 is 2.12 bits per heavy atom. The highest BCUT2D eigenvalue weighted by molar-refractivity contribution is 7.19. The molecule has 0 saturated heterocycles. The molecule has 0 aliphatic rings. The van der Waals surface area contributed by atoms with Crippen LogP contribution in [-0.4, -0.2) is 13.7 Å². The molecule has 0 amide bonds. The average molecular weight is 268 g/mol. The lowest BCUT2D eigenvalue weighted by molar-refractivity contribution is 0.341. The fourth-order valence-corrected chi connectivity index (χ4v) is 2.65. The van der Waals surface area contributed by atoms with Gasteiger partial charge in [0.25, 0.3) is 0 Å². The largest absolute Gasteiger partial charge is 0.493 e. The zero-order valence-electron chi connectivity index (χ0n) is 9.79. The number of halogens is 1. The Bertz CT molecular complexity index is 510. The van der Waals surface area contributed by atoms with Gasteiger partial charge in [0.05, 0.1) is 11.6 Å². The minimum Gasteiger partial charge on any atom is -0.493 e. The lowest BCUT2D eigenvalue weighted by Gasteiger charge is -2.09. The Kier molecular flexibility index (Phi) is 3.92. The third kappa shape index (κ3) is 2.73. The third-order valence-electron chi connectivity index (χ3n) is 2.36. The number of benzene rings is 1. The number of hydrogen-bond acceptors (Lipinski definition) is 3. The van der Waals surface area contributed by atoms with E-state index in [2.05, 4.69) is 17.4 Å². The van der Waals surface area contributed by atoms with Gasteiger partial charge >= 0.3 is 0 Å². The third-order valence-corrected chi connectivity index (χ3v) is 3.73. The van der Waals surface area contributed by atoms with Crippen molar-refractivity contribution in [2.45, 2.75) is 6.92 Å². The van der Waals surface area contributed by atoms with E-state index in [0.717, 1.165) is 26.2 Å². The number of anilines is 1. The summed E-state index contributed by atoms with van der Waals surface area (Å²) < 4.78 is 5.62. The van der Waals surface area contributed by atoms with E-state index in [1.807, 2.05) is 32.2 Å². The van der Waals surface area contributed by atoms with Crippen LogP contribution >= 0.6 is 22.9 Å². The lowest BCUT2D eigenvalue weighted by atomic mass is 10.1. The van der Waals surface area contributed by atoms with Gasteiger partial charge in [-0.25, -0.2) is 0 Å². The minimum atomic E-state index is 0.652. The van der Waals surface area contributed by atoms with E-state index >= 15 is 0 Å². The van der Waals surface area contributed by atoms with Gasteiger partial charge in [0.1, 0.15) is 5.75 Å². The predicted molar refractivity (Wildman–Crippen MR) is 75.5 cm³/mol. The first-order valence-corrected chi connectivity index (χ1v) is 6.64. The van der Waals surface area contributed by atoms with Crippen molar-refractivity contribution in [1.82, 2.24) is 0 Å². The standard InChI is InChI=1S/C13H14ClNOS/c1-3-16-11-5-4-9(14)8-10(11)12-6-7-13(15-2)17-12/h4-8,15H,3H2,1-2H3. The predicted octanol–water partition coefficient (Wildman–Crippen LogP) is 4.51. The molecule has 0 saturated carbocycles. The number of ether oxygens (including phenoxy) is 1. The van der Waals surface area contributed by atoms with E-state index < -0.39 is 0 Å². The van der Waals surface area contributed by atoms with Crippen LogP contribution in [-0.2, 0) is 0 Å². The van der Waals surface area contributed by atoms with Crippen molar-refractivity contribution in [3.05, 3.63) is 35.4 Å². The Labute approximate surface area is 110 Å². The van der Waals surface area contributed by atoms with Gasteiger partial charge in [0.2, 0.25) is 0 Å². The molecule has 1 aromatic carbocycles. The van der Waals surface area contributed by atoms with E-state index in [0.29, 0.717) is 6.61 Å². The van der Waals surface area contributed by atoms with Gasteiger partial charge in [0, 0.05) is 22.5 Å². The molecule has 1 N–H and O–H groups in total. The lowest BCUT2D eigenvalue weighted by Crippen LogP contribution is -1.93. The molecule has 17 heavy (non-hydrogen) atoms. The maximum absolute atomic E-state index is 6.04. The summed E-state index contributed by atoms with van der Waals surface area (Å²) in [5.74, 6) is 0.876. The molecule has 90 valence electrons. The van der Waals surface area contributed by atoms with Crippen LogP contribution in [0.5, 0.6) is 5.75 Å². The summed E-state index contributed by atoms with van der Waals surface area (Å²) in [5.41, 5.74) is 1.05. The van der Waals surface area contributed by atoms with Crippen molar-refractivity contribution in [2.75, 3.05) is 19.0 Å². The van der Waals surface area contributed by atoms with Gasteiger partial charge in [0.15, 0.2) is 0 Å². The highest BCUT2D eigenvalue weighted by Crippen LogP contribution is 2.38. The molecule has 0 aliphatic carbocycles. The van der Waals surface area contributed by atoms with Crippen molar-refractivity contribution in [3.8, 4) is 16.2 Å². The molecule has 0 bridgehead atoms. The number of nitrogens with one attached hydrogen (secondary N) is 1. The van der Waals surface area contributed by atoms with Crippen LogP contribution in [0.25, 0.3) is 10.4 Å². The normalized spacial score (nSPS) is 10.3. The first kappa shape index (κ1) is 12.3. The SMILES string of the molecule is CCOc1ccc(Cl)cc1-c1ccc(NC)s1. The Balaban J connectivity index is 2.44. The van der Waals surface area contributed by atoms with Crippen LogP contribution in [0.1, 0.15) is 6.92 Å². The molecule has 1 aromatic heterocycles. The second-order valence-electron chi connectivity index (χ2n) is 3.49. The summed E-state index contributed by atoms with van der Waals surface area (Å²) >= 11 is 7.73. The zero-order chi connectivity index (χ0) is 12.3. The van der Waals surface area contributed by atoms with E-state index in [1.165, 1.54) is 0 Å². The van der Waals surface area contributed by atoms with Gasteiger partial charge in [-0.15, -0.1) is 11.3 Å². The molecule has 1 heterocycles. The van der Waals surface area contributed by atoms with E-state index in [9.17, 15) is 0 Å². The summed E-state index contributed by atoms with van der Waals surface area (Å²) in [7, 11) is 1.91. The summed E-state index contributed by atoms with van der Waals surface area (Å²) in [5, 5.41) is 4.98. The molecule has 4 heteroatoms. The van der Waals surface area contributed by atoms with Gasteiger partial charge in [-0.1, -0.05) is 11.6 Å². The minimum absolute atomic E-state index is 0.652. The van der Waals surface area contributed by atoms with Crippen LogP contribution in [0.3, 0.4) is 0 Å². The number of hydrogen-bond donors (Lipinski definition) is 1. The first-order valence-electron chi connectivity index (χ1n) is 5.45. The summed E-state index contributed by atoms with van der Waals surface area (Å²) in [6, 6.07) is 9.84. The smallest absolute Gasteiger partial charge is 0.128 e. The van der Waals surface area contributed by atoms with Crippen molar-refractivity contribution < 1.29 is 4.74 Å².